The quantitative estimate of drug-likeness (QED) is 0.0907. The summed E-state index contributed by atoms with van der Waals surface area (Å²) in [5.74, 6) is 0.570. The van der Waals surface area contributed by atoms with Crippen molar-refractivity contribution in [1.82, 2.24) is 16.1 Å². The molecule has 1 atom stereocenters. The van der Waals surface area contributed by atoms with Gasteiger partial charge in [-0.1, -0.05) is 48.0 Å². The van der Waals surface area contributed by atoms with Crippen LogP contribution in [-0.4, -0.2) is 43.0 Å². The molecule has 0 aromatic heterocycles. The molecule has 0 saturated heterocycles. The van der Waals surface area contributed by atoms with Crippen molar-refractivity contribution in [3.05, 3.63) is 98.7 Å². The Morgan fingerprint density at radius 3 is 2.56 bits per heavy atom. The minimum Gasteiger partial charge on any atom is -0.490 e. The van der Waals surface area contributed by atoms with E-state index in [1.807, 2.05) is 44.2 Å². The minimum absolute atomic E-state index is 0.224. The van der Waals surface area contributed by atoms with Gasteiger partial charge in [0.05, 0.1) is 35.5 Å². The van der Waals surface area contributed by atoms with Crippen molar-refractivity contribution in [3.63, 3.8) is 0 Å². The molecule has 0 radical (unpaired) electrons. The number of hydrogen-bond donors (Lipinski definition) is 3. The van der Waals surface area contributed by atoms with Crippen LogP contribution in [-0.2, 0) is 20.9 Å². The molecule has 236 valence electrons. The second kappa shape index (κ2) is 16.1. The summed E-state index contributed by atoms with van der Waals surface area (Å²) in [6, 6.07) is 18.2. The molecule has 0 spiro atoms. The van der Waals surface area contributed by atoms with E-state index >= 15 is 0 Å². The number of para-hydroxylation sites is 1. The van der Waals surface area contributed by atoms with E-state index in [1.165, 1.54) is 6.21 Å². The maximum absolute atomic E-state index is 12.8. The molecular formula is C33H35BrN4O6S. The van der Waals surface area contributed by atoms with Crippen LogP contribution in [0.4, 0.5) is 0 Å². The summed E-state index contributed by atoms with van der Waals surface area (Å²) >= 11 is 8.90. The SMILES string of the molecule is CCOC(=O)C1=C(C)NC(=S)N[C@@H]1c1ccccc1OCC(=O)NN=Cc1cc(Br)c(OCc2cccc(C)c2)c(OCC)c1. The van der Waals surface area contributed by atoms with E-state index in [1.54, 1.807) is 38.1 Å². The fourth-order valence-corrected chi connectivity index (χ4v) is 5.48. The number of thiocarbonyl (C=S) groups is 1. The number of hydrogen-bond acceptors (Lipinski definition) is 8. The fourth-order valence-electron chi connectivity index (χ4n) is 4.63. The van der Waals surface area contributed by atoms with Crippen LogP contribution in [0.15, 0.2) is 81.5 Å². The number of nitrogens with zero attached hydrogens (tertiary/aromatic N) is 1. The molecular weight excluding hydrogens is 660 g/mol. The summed E-state index contributed by atoms with van der Waals surface area (Å²) in [5, 5.41) is 10.5. The van der Waals surface area contributed by atoms with Gasteiger partial charge in [-0.2, -0.15) is 5.10 Å². The summed E-state index contributed by atoms with van der Waals surface area (Å²) < 4.78 is 23.7. The first-order valence-corrected chi connectivity index (χ1v) is 15.5. The van der Waals surface area contributed by atoms with Crippen LogP contribution >= 0.6 is 28.1 Å². The standard InChI is InChI=1S/C33H35BrN4O6S/c1-5-41-27-16-23(15-25(34)31(27)44-18-22-11-9-10-20(3)14-22)17-35-38-28(39)19-43-26-13-8-7-12-24(26)30-29(32(40)42-6-2)21(4)36-33(45)37-30/h7-17,30H,5-6,18-19H2,1-4H3,(H,38,39)(H2,36,37,45)/t30-/m1/s1. The topological polar surface area (TPSA) is 120 Å². The van der Waals surface area contributed by atoms with E-state index in [0.717, 1.165) is 11.1 Å². The lowest BCUT2D eigenvalue weighted by Crippen LogP contribution is -2.45. The molecule has 3 N–H and O–H groups in total. The molecule has 12 heteroatoms. The van der Waals surface area contributed by atoms with Crippen molar-refractivity contribution in [2.75, 3.05) is 19.8 Å². The lowest BCUT2D eigenvalue weighted by molar-refractivity contribution is -0.139. The van der Waals surface area contributed by atoms with Gasteiger partial charge in [-0.3, -0.25) is 4.79 Å². The van der Waals surface area contributed by atoms with Gasteiger partial charge in [0, 0.05) is 11.3 Å². The Bertz CT molecular complexity index is 1630. The van der Waals surface area contributed by atoms with Crippen LogP contribution in [0.5, 0.6) is 17.2 Å². The zero-order valence-electron chi connectivity index (χ0n) is 25.4. The first-order valence-electron chi connectivity index (χ1n) is 14.3. The number of aryl methyl sites for hydroxylation is 1. The summed E-state index contributed by atoms with van der Waals surface area (Å²) in [6.45, 7) is 8.15. The number of halogens is 1. The first-order chi connectivity index (χ1) is 21.7. The molecule has 0 bridgehead atoms. The molecule has 0 unspecified atom stereocenters. The van der Waals surface area contributed by atoms with Crippen molar-refractivity contribution < 1.29 is 28.5 Å². The van der Waals surface area contributed by atoms with Crippen LogP contribution in [0.2, 0.25) is 0 Å². The Kier molecular flexibility index (Phi) is 11.9. The summed E-state index contributed by atoms with van der Waals surface area (Å²) in [4.78, 5) is 25.4. The van der Waals surface area contributed by atoms with E-state index in [9.17, 15) is 9.59 Å². The van der Waals surface area contributed by atoms with Crippen molar-refractivity contribution >= 4 is 51.4 Å². The smallest absolute Gasteiger partial charge is 0.338 e. The summed E-state index contributed by atoms with van der Waals surface area (Å²) in [6.07, 6.45) is 1.50. The minimum atomic E-state index is -0.628. The van der Waals surface area contributed by atoms with Crippen LogP contribution in [0.25, 0.3) is 0 Å². The lowest BCUT2D eigenvalue weighted by Gasteiger charge is -2.30. The number of allylic oxidation sites excluding steroid dienone is 1. The molecule has 4 rings (SSSR count). The van der Waals surface area contributed by atoms with Crippen molar-refractivity contribution in [3.8, 4) is 17.2 Å². The molecule has 45 heavy (non-hydrogen) atoms. The van der Waals surface area contributed by atoms with Gasteiger partial charge in [-0.05, 0) is 85.2 Å². The van der Waals surface area contributed by atoms with E-state index in [0.29, 0.717) is 62.4 Å². The average Bonchev–Trinajstić information content (AvgIpc) is 2.99. The Morgan fingerprint density at radius 2 is 1.80 bits per heavy atom. The second-order valence-electron chi connectivity index (χ2n) is 9.95. The predicted octanol–water partition coefficient (Wildman–Crippen LogP) is 5.62. The number of hydrazone groups is 1. The maximum Gasteiger partial charge on any atom is 0.338 e. The molecule has 3 aromatic carbocycles. The number of carbonyl (C=O) groups is 2. The van der Waals surface area contributed by atoms with Crippen molar-refractivity contribution in [2.24, 2.45) is 5.10 Å². The van der Waals surface area contributed by atoms with E-state index in [4.69, 9.17) is 31.2 Å². The van der Waals surface area contributed by atoms with Gasteiger partial charge in [0.2, 0.25) is 0 Å². The highest BCUT2D eigenvalue weighted by atomic mass is 79.9. The molecule has 0 aliphatic carbocycles. The Labute approximate surface area is 276 Å². The fraction of sp³-hybridized carbons (Fsp3) is 0.273. The highest BCUT2D eigenvalue weighted by molar-refractivity contribution is 9.10. The number of benzene rings is 3. The van der Waals surface area contributed by atoms with Crippen molar-refractivity contribution in [1.29, 1.82) is 0 Å². The van der Waals surface area contributed by atoms with Gasteiger partial charge in [0.1, 0.15) is 12.4 Å². The van der Waals surface area contributed by atoms with Crippen LogP contribution in [0, 0.1) is 6.92 Å². The lowest BCUT2D eigenvalue weighted by atomic mass is 9.95. The highest BCUT2D eigenvalue weighted by Crippen LogP contribution is 2.37. The molecule has 1 heterocycles. The van der Waals surface area contributed by atoms with E-state index < -0.39 is 17.9 Å². The van der Waals surface area contributed by atoms with E-state index in [-0.39, 0.29) is 13.2 Å². The van der Waals surface area contributed by atoms with Gasteiger partial charge in [-0.15, -0.1) is 0 Å². The van der Waals surface area contributed by atoms with Gasteiger partial charge in [-0.25, -0.2) is 10.2 Å². The molecule has 0 fully saturated rings. The zero-order valence-corrected chi connectivity index (χ0v) is 27.8. The molecule has 1 amide bonds. The second-order valence-corrected chi connectivity index (χ2v) is 11.2. The average molecular weight is 696 g/mol. The molecule has 1 aliphatic heterocycles. The normalized spacial score (nSPS) is 14.4. The third-order valence-corrected chi connectivity index (χ3v) is 7.36. The number of nitrogens with one attached hydrogen (secondary N) is 3. The number of carbonyl (C=O) groups excluding carboxylic acids is 2. The van der Waals surface area contributed by atoms with Crippen LogP contribution in [0.1, 0.15) is 49.1 Å². The third kappa shape index (κ3) is 9.05. The predicted molar refractivity (Wildman–Crippen MR) is 179 cm³/mol. The summed E-state index contributed by atoms with van der Waals surface area (Å²) in [7, 11) is 0. The molecule has 0 saturated carbocycles. The monoisotopic (exact) mass is 694 g/mol. The molecule has 1 aliphatic rings. The van der Waals surface area contributed by atoms with Crippen molar-refractivity contribution in [2.45, 2.75) is 40.3 Å². The van der Waals surface area contributed by atoms with Gasteiger partial charge in [0.25, 0.3) is 5.91 Å². The Balaban J connectivity index is 1.41. The third-order valence-electron chi connectivity index (χ3n) is 6.55. The Hall–Kier alpha value is -4.42. The number of ether oxygens (including phenoxy) is 4. The van der Waals surface area contributed by atoms with Gasteiger partial charge in [0.15, 0.2) is 23.2 Å². The van der Waals surface area contributed by atoms with Gasteiger partial charge >= 0.3 is 5.97 Å². The highest BCUT2D eigenvalue weighted by Gasteiger charge is 2.32. The largest absolute Gasteiger partial charge is 0.490 e. The summed E-state index contributed by atoms with van der Waals surface area (Å²) in [5.41, 5.74) is 6.94. The molecule has 3 aromatic rings. The zero-order chi connectivity index (χ0) is 32.3. The molecule has 10 nitrogen and oxygen atoms in total. The number of amides is 1. The van der Waals surface area contributed by atoms with E-state index in [2.05, 4.69) is 43.2 Å². The van der Waals surface area contributed by atoms with Crippen LogP contribution < -0.4 is 30.3 Å². The van der Waals surface area contributed by atoms with Crippen LogP contribution in [0.3, 0.4) is 0 Å². The first kappa shape index (κ1) is 33.5. The Morgan fingerprint density at radius 1 is 1.00 bits per heavy atom. The number of esters is 1. The van der Waals surface area contributed by atoms with Gasteiger partial charge < -0.3 is 29.6 Å². The number of rotatable bonds is 13. The maximum atomic E-state index is 12.8.